The quantitative estimate of drug-likeness (QED) is 0.746. The summed E-state index contributed by atoms with van der Waals surface area (Å²) in [5.74, 6) is 0.905. The van der Waals surface area contributed by atoms with Gasteiger partial charge < -0.3 is 4.84 Å². The van der Waals surface area contributed by atoms with E-state index in [1.807, 2.05) is 18.2 Å². The van der Waals surface area contributed by atoms with Crippen LogP contribution in [0, 0.1) is 0 Å². The van der Waals surface area contributed by atoms with Gasteiger partial charge in [-0.2, -0.15) is 0 Å². The molecule has 0 amide bonds. The second kappa shape index (κ2) is 3.52. The van der Waals surface area contributed by atoms with Crippen LogP contribution in [0.2, 0.25) is 0 Å². The van der Waals surface area contributed by atoms with Crippen LogP contribution in [0.4, 0.5) is 0 Å². The van der Waals surface area contributed by atoms with E-state index in [9.17, 15) is 0 Å². The molecular formula is C11H13NO. The predicted octanol–water partition coefficient (Wildman–Crippen LogP) is 2.72. The van der Waals surface area contributed by atoms with E-state index in [1.54, 1.807) is 0 Å². The molecule has 0 unspecified atom stereocenters. The third-order valence-corrected chi connectivity index (χ3v) is 2.06. The SMILES string of the molecule is CCCC1=Cc2ccccc2ON1. The highest BCUT2D eigenvalue weighted by atomic mass is 16.6. The average Bonchev–Trinajstić information content (AvgIpc) is 2.18. The summed E-state index contributed by atoms with van der Waals surface area (Å²) in [7, 11) is 0. The summed E-state index contributed by atoms with van der Waals surface area (Å²) >= 11 is 0. The smallest absolute Gasteiger partial charge is 0.162 e. The van der Waals surface area contributed by atoms with Gasteiger partial charge in [0, 0.05) is 11.3 Å². The Balaban J connectivity index is 2.28. The summed E-state index contributed by atoms with van der Waals surface area (Å²) in [5.41, 5.74) is 5.25. The molecular weight excluding hydrogens is 162 g/mol. The van der Waals surface area contributed by atoms with Crippen molar-refractivity contribution >= 4 is 6.08 Å². The van der Waals surface area contributed by atoms with Gasteiger partial charge in [-0.25, -0.2) is 5.48 Å². The third kappa shape index (κ3) is 1.66. The zero-order valence-corrected chi connectivity index (χ0v) is 7.71. The Hall–Kier alpha value is -1.44. The first-order chi connectivity index (χ1) is 6.40. The van der Waals surface area contributed by atoms with Gasteiger partial charge >= 0.3 is 0 Å². The Morgan fingerprint density at radius 2 is 2.15 bits per heavy atom. The van der Waals surface area contributed by atoms with E-state index in [1.165, 1.54) is 0 Å². The predicted molar refractivity (Wildman–Crippen MR) is 53.1 cm³/mol. The molecule has 13 heavy (non-hydrogen) atoms. The molecule has 1 aromatic carbocycles. The van der Waals surface area contributed by atoms with Gasteiger partial charge in [0.2, 0.25) is 0 Å². The lowest BCUT2D eigenvalue weighted by atomic mass is 10.1. The van der Waals surface area contributed by atoms with Crippen molar-refractivity contribution in [3.63, 3.8) is 0 Å². The summed E-state index contributed by atoms with van der Waals surface area (Å²) in [6.45, 7) is 2.16. The van der Waals surface area contributed by atoms with Crippen LogP contribution >= 0.6 is 0 Å². The maximum Gasteiger partial charge on any atom is 0.162 e. The van der Waals surface area contributed by atoms with Crippen LogP contribution in [-0.2, 0) is 0 Å². The normalized spacial score (nSPS) is 13.8. The van der Waals surface area contributed by atoms with Crippen LogP contribution in [0.25, 0.3) is 6.08 Å². The number of para-hydroxylation sites is 1. The lowest BCUT2D eigenvalue weighted by Crippen LogP contribution is -2.21. The van der Waals surface area contributed by atoms with Gasteiger partial charge in [0.15, 0.2) is 5.75 Å². The number of fused-ring (bicyclic) bond motifs is 1. The van der Waals surface area contributed by atoms with E-state index in [0.717, 1.165) is 29.9 Å². The highest BCUT2D eigenvalue weighted by Crippen LogP contribution is 2.24. The average molecular weight is 175 g/mol. The van der Waals surface area contributed by atoms with E-state index >= 15 is 0 Å². The molecule has 1 aromatic rings. The minimum atomic E-state index is 0.905. The molecule has 0 radical (unpaired) electrons. The molecule has 0 bridgehead atoms. The number of allylic oxidation sites excluding steroid dienone is 1. The van der Waals surface area contributed by atoms with Crippen molar-refractivity contribution in [3.05, 3.63) is 35.5 Å². The molecule has 2 rings (SSSR count). The number of hydroxylamine groups is 1. The first-order valence-corrected chi connectivity index (χ1v) is 4.62. The highest BCUT2D eigenvalue weighted by molar-refractivity contribution is 5.60. The van der Waals surface area contributed by atoms with Gasteiger partial charge in [0.1, 0.15) is 0 Å². The largest absolute Gasteiger partial charge is 0.382 e. The Kier molecular flexibility index (Phi) is 2.21. The van der Waals surface area contributed by atoms with E-state index in [4.69, 9.17) is 4.84 Å². The summed E-state index contributed by atoms with van der Waals surface area (Å²) in [4.78, 5) is 5.37. The number of rotatable bonds is 2. The van der Waals surface area contributed by atoms with Crippen LogP contribution in [-0.4, -0.2) is 0 Å². The van der Waals surface area contributed by atoms with Gasteiger partial charge in [-0.1, -0.05) is 31.5 Å². The van der Waals surface area contributed by atoms with E-state index in [-0.39, 0.29) is 0 Å². The minimum Gasteiger partial charge on any atom is -0.382 e. The fourth-order valence-corrected chi connectivity index (χ4v) is 1.42. The molecule has 2 nitrogen and oxygen atoms in total. The Labute approximate surface area is 78.2 Å². The zero-order valence-electron chi connectivity index (χ0n) is 7.71. The van der Waals surface area contributed by atoms with E-state index in [0.29, 0.717) is 0 Å². The molecule has 0 spiro atoms. The number of hydrogen-bond donors (Lipinski definition) is 1. The van der Waals surface area contributed by atoms with Crippen molar-refractivity contribution in [1.82, 2.24) is 5.48 Å². The molecule has 1 aliphatic rings. The van der Waals surface area contributed by atoms with Crippen molar-refractivity contribution < 1.29 is 4.84 Å². The van der Waals surface area contributed by atoms with Crippen LogP contribution in [0.5, 0.6) is 5.75 Å². The van der Waals surface area contributed by atoms with E-state index < -0.39 is 0 Å². The molecule has 68 valence electrons. The molecule has 0 saturated carbocycles. The lowest BCUT2D eigenvalue weighted by molar-refractivity contribution is 0.220. The second-order valence-electron chi connectivity index (χ2n) is 3.16. The third-order valence-electron chi connectivity index (χ3n) is 2.06. The topological polar surface area (TPSA) is 21.3 Å². The maximum atomic E-state index is 5.37. The standard InChI is InChI=1S/C11H13NO/c1-2-5-10-8-9-6-3-4-7-11(9)13-12-10/h3-4,6-8,12H,2,5H2,1H3. The minimum absolute atomic E-state index is 0.905. The molecule has 1 heterocycles. The van der Waals surface area contributed by atoms with Crippen LogP contribution in [0.3, 0.4) is 0 Å². The second-order valence-corrected chi connectivity index (χ2v) is 3.16. The molecule has 0 saturated heterocycles. The first-order valence-electron chi connectivity index (χ1n) is 4.62. The Morgan fingerprint density at radius 3 is 3.00 bits per heavy atom. The molecule has 1 aliphatic heterocycles. The molecule has 2 heteroatoms. The lowest BCUT2D eigenvalue weighted by Gasteiger charge is -2.18. The molecule has 0 atom stereocenters. The highest BCUT2D eigenvalue weighted by Gasteiger charge is 2.08. The fourth-order valence-electron chi connectivity index (χ4n) is 1.42. The van der Waals surface area contributed by atoms with Crippen LogP contribution < -0.4 is 10.3 Å². The number of nitrogens with one attached hydrogen (secondary N) is 1. The Morgan fingerprint density at radius 1 is 1.31 bits per heavy atom. The maximum absolute atomic E-state index is 5.37. The summed E-state index contributed by atoms with van der Waals surface area (Å²) in [6, 6.07) is 8.01. The summed E-state index contributed by atoms with van der Waals surface area (Å²) < 4.78 is 0. The van der Waals surface area contributed by atoms with Crippen LogP contribution in [0.15, 0.2) is 30.0 Å². The number of benzene rings is 1. The molecule has 0 fully saturated rings. The van der Waals surface area contributed by atoms with Gasteiger partial charge in [0.25, 0.3) is 0 Å². The summed E-state index contributed by atoms with van der Waals surface area (Å²) in [6.07, 6.45) is 4.31. The van der Waals surface area contributed by atoms with Crippen molar-refractivity contribution in [2.75, 3.05) is 0 Å². The summed E-state index contributed by atoms with van der Waals surface area (Å²) in [5, 5.41) is 0. The molecule has 1 N–H and O–H groups in total. The zero-order chi connectivity index (χ0) is 9.10. The van der Waals surface area contributed by atoms with Gasteiger partial charge in [-0.3, -0.25) is 0 Å². The first kappa shape index (κ1) is 8.17. The van der Waals surface area contributed by atoms with Crippen molar-refractivity contribution in [3.8, 4) is 5.75 Å². The molecule has 0 aliphatic carbocycles. The Bertz CT molecular complexity index is 331. The molecule has 0 aromatic heterocycles. The fraction of sp³-hybridized carbons (Fsp3) is 0.273. The van der Waals surface area contributed by atoms with Crippen LogP contribution in [0.1, 0.15) is 25.3 Å². The van der Waals surface area contributed by atoms with Gasteiger partial charge in [-0.15, -0.1) is 0 Å². The van der Waals surface area contributed by atoms with Crippen molar-refractivity contribution in [2.45, 2.75) is 19.8 Å². The van der Waals surface area contributed by atoms with Crippen molar-refractivity contribution in [1.29, 1.82) is 0 Å². The van der Waals surface area contributed by atoms with E-state index in [2.05, 4.69) is 24.5 Å². The number of hydrogen-bond acceptors (Lipinski definition) is 2. The van der Waals surface area contributed by atoms with Crippen molar-refractivity contribution in [2.24, 2.45) is 0 Å². The van der Waals surface area contributed by atoms with Gasteiger partial charge in [-0.05, 0) is 18.6 Å². The van der Waals surface area contributed by atoms with Gasteiger partial charge in [0.05, 0.1) is 0 Å². The monoisotopic (exact) mass is 175 g/mol.